The number of carboxylic acids is 1. The van der Waals surface area contributed by atoms with Crippen molar-refractivity contribution in [1.82, 2.24) is 4.90 Å². The minimum absolute atomic E-state index is 0.833. The Hall–Kier alpha value is -0.570. The SMILES string of the molecule is CC(=O)O.CCCCCCCCCCCN1CCCC1C. The second-order valence-corrected chi connectivity index (χ2v) is 6.37. The van der Waals surface area contributed by atoms with E-state index in [0.717, 1.165) is 13.0 Å². The molecular weight excluding hydrogens is 262 g/mol. The van der Waals surface area contributed by atoms with Crippen LogP contribution in [0, 0.1) is 0 Å². The highest BCUT2D eigenvalue weighted by molar-refractivity contribution is 5.62. The van der Waals surface area contributed by atoms with Gasteiger partial charge in [-0.15, -0.1) is 0 Å². The summed E-state index contributed by atoms with van der Waals surface area (Å²) >= 11 is 0. The number of carbonyl (C=O) groups is 1. The normalized spacial score (nSPS) is 18.3. The van der Waals surface area contributed by atoms with Crippen molar-refractivity contribution in [3.8, 4) is 0 Å². The average Bonchev–Trinajstić information content (AvgIpc) is 2.82. The first-order chi connectivity index (χ1) is 10.1. The Morgan fingerprint density at radius 2 is 1.52 bits per heavy atom. The predicted octanol–water partition coefficient (Wildman–Crippen LogP) is 5.09. The summed E-state index contributed by atoms with van der Waals surface area (Å²) in [5.74, 6) is -0.833. The van der Waals surface area contributed by atoms with Gasteiger partial charge in [-0.2, -0.15) is 0 Å². The van der Waals surface area contributed by atoms with Crippen LogP contribution < -0.4 is 0 Å². The summed E-state index contributed by atoms with van der Waals surface area (Å²) in [5, 5.41) is 7.42. The zero-order valence-electron chi connectivity index (χ0n) is 14.6. The molecule has 126 valence electrons. The Morgan fingerprint density at radius 1 is 1.05 bits per heavy atom. The number of unbranched alkanes of at least 4 members (excludes halogenated alkanes) is 8. The van der Waals surface area contributed by atoms with Gasteiger partial charge in [-0.1, -0.05) is 58.3 Å². The lowest BCUT2D eigenvalue weighted by Crippen LogP contribution is -2.27. The van der Waals surface area contributed by atoms with Crippen molar-refractivity contribution in [3.63, 3.8) is 0 Å². The van der Waals surface area contributed by atoms with E-state index in [2.05, 4.69) is 18.7 Å². The van der Waals surface area contributed by atoms with Crippen molar-refractivity contribution in [2.75, 3.05) is 13.1 Å². The number of rotatable bonds is 10. The van der Waals surface area contributed by atoms with Crippen LogP contribution in [0.2, 0.25) is 0 Å². The summed E-state index contributed by atoms with van der Waals surface area (Å²) in [5.41, 5.74) is 0. The van der Waals surface area contributed by atoms with Crippen LogP contribution in [0.3, 0.4) is 0 Å². The van der Waals surface area contributed by atoms with Crippen LogP contribution in [0.1, 0.15) is 91.4 Å². The third-order valence-corrected chi connectivity index (χ3v) is 4.24. The first-order valence-corrected chi connectivity index (χ1v) is 9.01. The summed E-state index contributed by atoms with van der Waals surface area (Å²) < 4.78 is 0. The molecule has 1 N–H and O–H groups in total. The third-order valence-electron chi connectivity index (χ3n) is 4.24. The van der Waals surface area contributed by atoms with Gasteiger partial charge in [0.1, 0.15) is 0 Å². The van der Waals surface area contributed by atoms with Gasteiger partial charge in [0.05, 0.1) is 0 Å². The number of aliphatic carboxylic acids is 1. The largest absolute Gasteiger partial charge is 0.481 e. The minimum Gasteiger partial charge on any atom is -0.481 e. The first-order valence-electron chi connectivity index (χ1n) is 9.01. The van der Waals surface area contributed by atoms with Crippen molar-refractivity contribution >= 4 is 5.97 Å². The molecule has 1 aliphatic rings. The molecule has 0 aromatic carbocycles. The number of nitrogens with zero attached hydrogens (tertiary/aromatic N) is 1. The summed E-state index contributed by atoms with van der Waals surface area (Å²) in [6, 6.07) is 0.865. The van der Waals surface area contributed by atoms with Crippen LogP contribution in [0.25, 0.3) is 0 Å². The van der Waals surface area contributed by atoms with E-state index >= 15 is 0 Å². The van der Waals surface area contributed by atoms with Gasteiger partial charge in [-0.3, -0.25) is 4.79 Å². The Kier molecular flexibility index (Phi) is 14.0. The molecule has 0 radical (unpaired) electrons. The molecule has 1 rings (SSSR count). The van der Waals surface area contributed by atoms with Crippen LogP contribution in [0.5, 0.6) is 0 Å². The van der Waals surface area contributed by atoms with Gasteiger partial charge in [0.25, 0.3) is 5.97 Å². The molecule has 3 heteroatoms. The van der Waals surface area contributed by atoms with Gasteiger partial charge in [0.15, 0.2) is 0 Å². The quantitative estimate of drug-likeness (QED) is 0.571. The molecule has 0 aliphatic carbocycles. The Labute approximate surface area is 132 Å². The molecule has 0 amide bonds. The maximum atomic E-state index is 9.00. The van der Waals surface area contributed by atoms with Crippen LogP contribution in [-0.2, 0) is 4.79 Å². The maximum absolute atomic E-state index is 9.00. The number of hydrogen-bond acceptors (Lipinski definition) is 2. The van der Waals surface area contributed by atoms with Crippen molar-refractivity contribution in [2.45, 2.75) is 97.4 Å². The maximum Gasteiger partial charge on any atom is 0.300 e. The highest BCUT2D eigenvalue weighted by Crippen LogP contribution is 2.17. The fourth-order valence-corrected chi connectivity index (χ4v) is 2.95. The lowest BCUT2D eigenvalue weighted by Gasteiger charge is -2.20. The molecule has 0 spiro atoms. The van der Waals surface area contributed by atoms with Crippen molar-refractivity contribution in [2.24, 2.45) is 0 Å². The standard InChI is InChI=1S/C16H33N.C2H4O2/c1-3-4-5-6-7-8-9-10-11-14-17-15-12-13-16(17)2;1-2(3)4/h16H,3-15H2,1-2H3;1H3,(H,3,4). The van der Waals surface area contributed by atoms with Gasteiger partial charge in [-0.25, -0.2) is 0 Å². The van der Waals surface area contributed by atoms with E-state index in [1.54, 1.807) is 0 Å². The Bertz CT molecular complexity index is 239. The minimum atomic E-state index is -0.833. The second kappa shape index (κ2) is 14.4. The molecule has 0 aromatic rings. The van der Waals surface area contributed by atoms with Crippen molar-refractivity contribution in [1.29, 1.82) is 0 Å². The number of likely N-dealkylation sites (tertiary alicyclic amines) is 1. The first kappa shape index (κ1) is 20.4. The van der Waals surface area contributed by atoms with Gasteiger partial charge in [0, 0.05) is 13.0 Å². The highest BCUT2D eigenvalue weighted by atomic mass is 16.4. The van der Waals surface area contributed by atoms with Crippen LogP contribution in [-0.4, -0.2) is 35.1 Å². The van der Waals surface area contributed by atoms with E-state index < -0.39 is 5.97 Å². The van der Waals surface area contributed by atoms with Crippen LogP contribution >= 0.6 is 0 Å². The molecular formula is C18H37NO2. The fraction of sp³-hybridized carbons (Fsp3) is 0.944. The lowest BCUT2D eigenvalue weighted by molar-refractivity contribution is -0.134. The second-order valence-electron chi connectivity index (χ2n) is 6.37. The molecule has 0 saturated carbocycles. The molecule has 1 saturated heterocycles. The Morgan fingerprint density at radius 3 is 1.95 bits per heavy atom. The van der Waals surface area contributed by atoms with Gasteiger partial charge in [-0.05, 0) is 39.3 Å². The molecule has 3 nitrogen and oxygen atoms in total. The predicted molar refractivity (Wildman–Crippen MR) is 90.8 cm³/mol. The molecule has 1 aliphatic heterocycles. The molecule has 1 unspecified atom stereocenters. The molecule has 0 bridgehead atoms. The van der Waals surface area contributed by atoms with Gasteiger partial charge >= 0.3 is 0 Å². The van der Waals surface area contributed by atoms with E-state index in [1.807, 2.05) is 0 Å². The molecule has 1 atom stereocenters. The zero-order valence-corrected chi connectivity index (χ0v) is 14.6. The third kappa shape index (κ3) is 14.1. The molecule has 0 aromatic heterocycles. The van der Waals surface area contributed by atoms with Crippen LogP contribution in [0.15, 0.2) is 0 Å². The number of hydrogen-bond donors (Lipinski definition) is 1. The molecule has 1 fully saturated rings. The summed E-state index contributed by atoms with van der Waals surface area (Å²) in [4.78, 5) is 11.7. The zero-order chi connectivity index (χ0) is 15.9. The highest BCUT2D eigenvalue weighted by Gasteiger charge is 2.18. The van der Waals surface area contributed by atoms with E-state index in [0.29, 0.717) is 0 Å². The van der Waals surface area contributed by atoms with E-state index in [1.165, 1.54) is 83.7 Å². The summed E-state index contributed by atoms with van der Waals surface area (Å²) in [6.07, 6.45) is 15.9. The van der Waals surface area contributed by atoms with Crippen molar-refractivity contribution in [3.05, 3.63) is 0 Å². The van der Waals surface area contributed by atoms with E-state index in [9.17, 15) is 0 Å². The fourth-order valence-electron chi connectivity index (χ4n) is 2.95. The topological polar surface area (TPSA) is 40.5 Å². The van der Waals surface area contributed by atoms with Crippen molar-refractivity contribution < 1.29 is 9.90 Å². The number of carboxylic acid groups (broad SMARTS) is 1. The Balaban J connectivity index is 0.000000885. The average molecular weight is 299 g/mol. The van der Waals surface area contributed by atoms with E-state index in [-0.39, 0.29) is 0 Å². The summed E-state index contributed by atoms with van der Waals surface area (Å²) in [7, 11) is 0. The van der Waals surface area contributed by atoms with E-state index in [4.69, 9.17) is 9.90 Å². The summed E-state index contributed by atoms with van der Waals surface area (Å²) in [6.45, 7) is 8.48. The van der Waals surface area contributed by atoms with Gasteiger partial charge < -0.3 is 10.0 Å². The lowest BCUT2D eigenvalue weighted by atomic mass is 10.1. The molecule has 1 heterocycles. The molecule has 21 heavy (non-hydrogen) atoms. The monoisotopic (exact) mass is 299 g/mol. The van der Waals surface area contributed by atoms with Gasteiger partial charge in [0.2, 0.25) is 0 Å². The smallest absolute Gasteiger partial charge is 0.300 e. The van der Waals surface area contributed by atoms with Crippen LogP contribution in [0.4, 0.5) is 0 Å².